The van der Waals surface area contributed by atoms with E-state index in [9.17, 15) is 13.2 Å². The van der Waals surface area contributed by atoms with Gasteiger partial charge in [0.05, 0.1) is 35.3 Å². The van der Waals surface area contributed by atoms with Gasteiger partial charge < -0.3 is 10.1 Å². The summed E-state index contributed by atoms with van der Waals surface area (Å²) in [7, 11) is 0.779. The molecule has 10 heteroatoms. The van der Waals surface area contributed by atoms with Gasteiger partial charge in [-0.3, -0.25) is 13.8 Å². The minimum atomic E-state index is -3.95. The number of nitrogens with zero attached hydrogens (tertiary/aromatic N) is 4. The van der Waals surface area contributed by atoms with Crippen LogP contribution in [0, 0.1) is 13.8 Å². The summed E-state index contributed by atoms with van der Waals surface area (Å²) in [4.78, 5) is 17.5. The average molecular weight is 480 g/mol. The van der Waals surface area contributed by atoms with Crippen LogP contribution < -0.4 is 14.4 Å². The van der Waals surface area contributed by atoms with E-state index in [1.807, 2.05) is 6.92 Å². The molecule has 34 heavy (non-hydrogen) atoms. The van der Waals surface area contributed by atoms with Gasteiger partial charge in [0.1, 0.15) is 5.75 Å². The van der Waals surface area contributed by atoms with Gasteiger partial charge in [-0.15, -0.1) is 0 Å². The quantitative estimate of drug-likeness (QED) is 0.452. The van der Waals surface area contributed by atoms with Crippen molar-refractivity contribution in [2.24, 2.45) is 7.05 Å². The number of hydrogen-bond acceptors (Lipinski definition) is 6. The monoisotopic (exact) mass is 479 g/mol. The largest absolute Gasteiger partial charge is 0.495 e. The summed E-state index contributed by atoms with van der Waals surface area (Å²) < 4.78 is 34.8. The van der Waals surface area contributed by atoms with Crippen molar-refractivity contribution in [1.29, 1.82) is 0 Å². The topological polar surface area (TPSA) is 106 Å². The number of sulfonamides is 1. The van der Waals surface area contributed by atoms with Gasteiger partial charge in [-0.05, 0) is 49.7 Å². The third-order valence-electron chi connectivity index (χ3n) is 5.66. The molecule has 0 bridgehead atoms. The Labute approximate surface area is 198 Å². The van der Waals surface area contributed by atoms with Crippen molar-refractivity contribution < 1.29 is 17.9 Å². The Morgan fingerprint density at radius 2 is 1.85 bits per heavy atom. The van der Waals surface area contributed by atoms with Crippen LogP contribution in [-0.4, -0.2) is 43.2 Å². The first-order valence-electron chi connectivity index (χ1n) is 10.5. The summed E-state index contributed by atoms with van der Waals surface area (Å²) in [6, 6.07) is 13.1. The lowest BCUT2D eigenvalue weighted by Gasteiger charge is -2.22. The van der Waals surface area contributed by atoms with E-state index in [1.165, 1.54) is 26.3 Å². The molecule has 0 spiro atoms. The number of aryl methyl sites for hydroxylation is 3. The third-order valence-corrected chi connectivity index (χ3v) is 7.42. The van der Waals surface area contributed by atoms with E-state index in [1.54, 1.807) is 61.2 Å². The summed E-state index contributed by atoms with van der Waals surface area (Å²) >= 11 is 0. The van der Waals surface area contributed by atoms with Gasteiger partial charge in [0.2, 0.25) is 0 Å². The zero-order chi connectivity index (χ0) is 24.6. The molecule has 0 unspecified atom stereocenters. The van der Waals surface area contributed by atoms with Crippen molar-refractivity contribution in [3.8, 4) is 5.75 Å². The molecule has 4 aromatic rings. The molecule has 0 aliphatic rings. The van der Waals surface area contributed by atoms with E-state index in [0.717, 1.165) is 15.4 Å². The van der Waals surface area contributed by atoms with Crippen LogP contribution in [0.4, 0.5) is 11.4 Å². The minimum Gasteiger partial charge on any atom is -0.495 e. The molecule has 2 aromatic heterocycles. The maximum absolute atomic E-state index is 13.4. The summed E-state index contributed by atoms with van der Waals surface area (Å²) in [5, 5.41) is 7.98. The lowest BCUT2D eigenvalue weighted by Crippen LogP contribution is -2.27. The first kappa shape index (κ1) is 23.2. The first-order valence-corrected chi connectivity index (χ1v) is 11.9. The van der Waals surface area contributed by atoms with Crippen molar-refractivity contribution in [1.82, 2.24) is 14.8 Å². The van der Waals surface area contributed by atoms with Gasteiger partial charge in [0.25, 0.3) is 15.9 Å². The second-order valence-electron chi connectivity index (χ2n) is 7.88. The van der Waals surface area contributed by atoms with Gasteiger partial charge in [-0.1, -0.05) is 18.2 Å². The van der Waals surface area contributed by atoms with Gasteiger partial charge in [0.15, 0.2) is 5.65 Å². The standard InChI is InChI=1S/C24H25N5O4S/c1-15-10-11-18(34(31,32)29(4)21-8-6-7-9-22(21)33-5)13-19(15)24(30)26-17-12-20-16(2)27-28(3)23(20)25-14-17/h6-14H,1-5H3,(H,26,30). The Balaban J connectivity index is 1.66. The highest BCUT2D eigenvalue weighted by Gasteiger charge is 2.25. The molecule has 0 saturated heterocycles. The van der Waals surface area contributed by atoms with Crippen LogP contribution in [0.5, 0.6) is 5.75 Å². The smallest absolute Gasteiger partial charge is 0.264 e. The Morgan fingerprint density at radius 3 is 2.59 bits per heavy atom. The lowest BCUT2D eigenvalue weighted by atomic mass is 10.1. The average Bonchev–Trinajstić information content (AvgIpc) is 3.11. The fraction of sp³-hybridized carbons (Fsp3) is 0.208. The molecule has 0 radical (unpaired) electrons. The zero-order valence-corrected chi connectivity index (χ0v) is 20.3. The van der Waals surface area contributed by atoms with E-state index in [0.29, 0.717) is 28.3 Å². The van der Waals surface area contributed by atoms with E-state index < -0.39 is 15.9 Å². The molecule has 176 valence electrons. The Morgan fingerprint density at radius 1 is 1.12 bits per heavy atom. The van der Waals surface area contributed by atoms with Gasteiger partial charge >= 0.3 is 0 Å². The van der Waals surface area contributed by atoms with Crippen molar-refractivity contribution in [3.63, 3.8) is 0 Å². The molecule has 9 nitrogen and oxygen atoms in total. The van der Waals surface area contributed by atoms with E-state index in [2.05, 4.69) is 15.4 Å². The highest BCUT2D eigenvalue weighted by atomic mass is 32.2. The summed E-state index contributed by atoms with van der Waals surface area (Å²) in [5.41, 5.74) is 3.28. The molecule has 1 N–H and O–H groups in total. The van der Waals surface area contributed by atoms with Crippen LogP contribution in [-0.2, 0) is 17.1 Å². The number of hydrogen-bond donors (Lipinski definition) is 1. The summed E-state index contributed by atoms with van der Waals surface area (Å²) in [5.74, 6) is -0.00979. The van der Waals surface area contributed by atoms with Gasteiger partial charge in [0, 0.05) is 25.0 Å². The number of carbonyl (C=O) groups is 1. The van der Waals surface area contributed by atoms with Crippen molar-refractivity contribution in [3.05, 3.63) is 71.5 Å². The second kappa shape index (κ2) is 8.79. The molecule has 1 amide bonds. The van der Waals surface area contributed by atoms with Crippen LogP contribution >= 0.6 is 0 Å². The molecule has 0 aliphatic carbocycles. The number of anilines is 2. The fourth-order valence-corrected chi connectivity index (χ4v) is 4.99. The van der Waals surface area contributed by atoms with E-state index >= 15 is 0 Å². The number of amides is 1. The molecular weight excluding hydrogens is 454 g/mol. The zero-order valence-electron chi connectivity index (χ0n) is 19.5. The molecule has 2 heterocycles. The van der Waals surface area contributed by atoms with Crippen molar-refractivity contribution >= 4 is 38.3 Å². The normalized spacial score (nSPS) is 11.4. The number of methoxy groups -OCH3 is 1. The number of fused-ring (bicyclic) bond motifs is 1. The molecule has 2 aromatic carbocycles. The lowest BCUT2D eigenvalue weighted by molar-refractivity contribution is 0.102. The number of nitrogens with one attached hydrogen (secondary N) is 1. The van der Waals surface area contributed by atoms with E-state index in [4.69, 9.17) is 4.74 Å². The van der Waals surface area contributed by atoms with Crippen LogP contribution in [0.1, 0.15) is 21.6 Å². The van der Waals surface area contributed by atoms with Crippen LogP contribution in [0.15, 0.2) is 59.6 Å². The number of ether oxygens (including phenoxy) is 1. The van der Waals surface area contributed by atoms with Gasteiger partial charge in [-0.2, -0.15) is 5.10 Å². The number of benzene rings is 2. The highest BCUT2D eigenvalue weighted by Crippen LogP contribution is 2.31. The molecule has 0 aliphatic heterocycles. The predicted molar refractivity (Wildman–Crippen MR) is 131 cm³/mol. The number of carbonyl (C=O) groups excluding carboxylic acids is 1. The maximum atomic E-state index is 13.4. The molecular formula is C24H25N5O4S. The summed E-state index contributed by atoms with van der Waals surface area (Å²) in [6.07, 6.45) is 1.55. The molecule has 0 saturated carbocycles. The summed E-state index contributed by atoms with van der Waals surface area (Å²) in [6.45, 7) is 3.62. The predicted octanol–water partition coefficient (Wildman–Crippen LogP) is 3.67. The van der Waals surface area contributed by atoms with Crippen LogP contribution in [0.25, 0.3) is 11.0 Å². The highest BCUT2D eigenvalue weighted by molar-refractivity contribution is 7.92. The van der Waals surface area contributed by atoms with Crippen molar-refractivity contribution in [2.75, 3.05) is 23.8 Å². The Kier molecular flexibility index (Phi) is 6.01. The maximum Gasteiger partial charge on any atom is 0.264 e. The van der Waals surface area contributed by atoms with E-state index in [-0.39, 0.29) is 10.5 Å². The number of aromatic nitrogens is 3. The minimum absolute atomic E-state index is 0.00617. The third kappa shape index (κ3) is 4.08. The Bertz CT molecular complexity index is 1510. The molecule has 0 atom stereocenters. The number of pyridine rings is 1. The van der Waals surface area contributed by atoms with Crippen LogP contribution in [0.3, 0.4) is 0 Å². The molecule has 4 rings (SSSR count). The second-order valence-corrected chi connectivity index (χ2v) is 9.85. The number of para-hydroxylation sites is 2. The molecule has 0 fully saturated rings. The SMILES string of the molecule is COc1ccccc1N(C)S(=O)(=O)c1ccc(C)c(C(=O)Nc2cnc3c(c2)c(C)nn3C)c1. The van der Waals surface area contributed by atoms with Crippen LogP contribution in [0.2, 0.25) is 0 Å². The number of rotatable bonds is 6. The first-order chi connectivity index (χ1) is 16.1. The van der Waals surface area contributed by atoms with Gasteiger partial charge in [-0.25, -0.2) is 13.4 Å². The fourth-order valence-electron chi connectivity index (χ4n) is 3.76. The Hall–Kier alpha value is -3.92. The van der Waals surface area contributed by atoms with Crippen molar-refractivity contribution in [2.45, 2.75) is 18.7 Å².